The SMILES string of the molecule is O=[N+]([O-])c1cc(Cl)nc(NCC2CCCCC2O)c1. The van der Waals surface area contributed by atoms with E-state index in [0.29, 0.717) is 12.4 Å². The molecule has 0 radical (unpaired) electrons. The number of aromatic nitrogens is 1. The topological polar surface area (TPSA) is 88.3 Å². The molecule has 2 atom stereocenters. The Morgan fingerprint density at radius 3 is 2.89 bits per heavy atom. The van der Waals surface area contributed by atoms with Gasteiger partial charge in [-0.2, -0.15) is 0 Å². The third-order valence-electron chi connectivity index (χ3n) is 3.40. The van der Waals surface area contributed by atoms with Crippen LogP contribution in [0.15, 0.2) is 12.1 Å². The van der Waals surface area contributed by atoms with E-state index in [1.807, 2.05) is 0 Å². The lowest BCUT2D eigenvalue weighted by atomic mass is 9.86. The van der Waals surface area contributed by atoms with Crippen molar-refractivity contribution in [2.24, 2.45) is 5.92 Å². The first-order valence-electron chi connectivity index (χ1n) is 6.30. The Labute approximate surface area is 116 Å². The molecule has 104 valence electrons. The van der Waals surface area contributed by atoms with Crippen molar-refractivity contribution in [2.45, 2.75) is 31.8 Å². The first-order valence-corrected chi connectivity index (χ1v) is 6.68. The highest BCUT2D eigenvalue weighted by molar-refractivity contribution is 6.29. The molecule has 7 heteroatoms. The Bertz CT molecular complexity index is 470. The predicted molar refractivity (Wildman–Crippen MR) is 72.4 cm³/mol. The van der Waals surface area contributed by atoms with Gasteiger partial charge in [-0.1, -0.05) is 24.4 Å². The summed E-state index contributed by atoms with van der Waals surface area (Å²) in [5.74, 6) is 0.533. The number of hydrogen-bond donors (Lipinski definition) is 2. The second kappa shape index (κ2) is 6.16. The van der Waals surface area contributed by atoms with E-state index >= 15 is 0 Å². The molecule has 0 spiro atoms. The second-order valence-corrected chi connectivity index (χ2v) is 5.17. The van der Waals surface area contributed by atoms with Crippen LogP contribution in [0.1, 0.15) is 25.7 Å². The molecule has 2 N–H and O–H groups in total. The van der Waals surface area contributed by atoms with Crippen LogP contribution in [0.2, 0.25) is 5.15 Å². The minimum absolute atomic E-state index is 0.0842. The largest absolute Gasteiger partial charge is 0.393 e. The molecule has 1 saturated carbocycles. The summed E-state index contributed by atoms with van der Waals surface area (Å²) in [4.78, 5) is 14.2. The van der Waals surface area contributed by atoms with Gasteiger partial charge in [-0.3, -0.25) is 10.1 Å². The van der Waals surface area contributed by atoms with Crippen LogP contribution in [0.4, 0.5) is 11.5 Å². The highest BCUT2D eigenvalue weighted by atomic mass is 35.5. The van der Waals surface area contributed by atoms with Crippen LogP contribution >= 0.6 is 11.6 Å². The summed E-state index contributed by atoms with van der Waals surface area (Å²) >= 11 is 5.74. The molecule has 1 fully saturated rings. The molecule has 1 aliphatic rings. The number of rotatable bonds is 4. The number of pyridine rings is 1. The van der Waals surface area contributed by atoms with Gasteiger partial charge in [-0.25, -0.2) is 4.98 Å². The summed E-state index contributed by atoms with van der Waals surface area (Å²) in [6.07, 6.45) is 3.62. The van der Waals surface area contributed by atoms with Crippen LogP contribution in [0.5, 0.6) is 0 Å². The molecule has 0 amide bonds. The Kier molecular flexibility index (Phi) is 4.55. The predicted octanol–water partition coefficient (Wildman–Crippen LogP) is 2.61. The molecule has 0 aromatic carbocycles. The fourth-order valence-electron chi connectivity index (χ4n) is 2.34. The standard InChI is InChI=1S/C12H16ClN3O3/c13-11-5-9(16(18)19)6-12(15-11)14-7-8-3-1-2-4-10(8)17/h5-6,8,10,17H,1-4,7H2,(H,14,15). The summed E-state index contributed by atoms with van der Waals surface area (Å²) in [5, 5.41) is 23.7. The zero-order chi connectivity index (χ0) is 13.8. The zero-order valence-electron chi connectivity index (χ0n) is 10.4. The van der Waals surface area contributed by atoms with E-state index in [4.69, 9.17) is 11.6 Å². The molecule has 1 aliphatic carbocycles. The van der Waals surface area contributed by atoms with Gasteiger partial charge in [0.25, 0.3) is 5.69 Å². The van der Waals surface area contributed by atoms with Crippen molar-refractivity contribution < 1.29 is 10.0 Å². The number of nitrogens with zero attached hydrogens (tertiary/aromatic N) is 2. The maximum absolute atomic E-state index is 10.7. The normalized spacial score (nSPS) is 23.1. The summed E-state index contributed by atoms with van der Waals surface area (Å²) in [5.41, 5.74) is -0.0910. The van der Waals surface area contributed by atoms with Gasteiger partial charge in [0.1, 0.15) is 11.0 Å². The number of aliphatic hydroxyl groups is 1. The lowest BCUT2D eigenvalue weighted by Gasteiger charge is -2.27. The lowest BCUT2D eigenvalue weighted by Crippen LogP contribution is -2.30. The van der Waals surface area contributed by atoms with Crippen molar-refractivity contribution in [1.82, 2.24) is 4.98 Å². The third kappa shape index (κ3) is 3.78. The number of halogens is 1. The Morgan fingerprint density at radius 2 is 2.21 bits per heavy atom. The number of anilines is 1. The maximum atomic E-state index is 10.7. The van der Waals surface area contributed by atoms with Crippen LogP contribution in [-0.4, -0.2) is 27.7 Å². The van der Waals surface area contributed by atoms with E-state index in [1.54, 1.807) is 0 Å². The van der Waals surface area contributed by atoms with Gasteiger partial charge in [-0.15, -0.1) is 0 Å². The molecule has 2 rings (SSSR count). The first-order chi connectivity index (χ1) is 9.06. The average molecular weight is 286 g/mol. The number of hydrogen-bond acceptors (Lipinski definition) is 5. The second-order valence-electron chi connectivity index (χ2n) is 4.78. The van der Waals surface area contributed by atoms with Crippen LogP contribution in [-0.2, 0) is 0 Å². The number of nitro groups is 1. The van der Waals surface area contributed by atoms with Gasteiger partial charge < -0.3 is 10.4 Å². The van der Waals surface area contributed by atoms with Crippen molar-refractivity contribution in [3.05, 3.63) is 27.4 Å². The van der Waals surface area contributed by atoms with E-state index in [-0.39, 0.29) is 22.9 Å². The molecule has 1 aromatic rings. The Balaban J connectivity index is 2.00. The van der Waals surface area contributed by atoms with Crippen LogP contribution < -0.4 is 5.32 Å². The molecule has 0 saturated heterocycles. The van der Waals surface area contributed by atoms with E-state index in [9.17, 15) is 15.2 Å². The summed E-state index contributed by atoms with van der Waals surface area (Å²) in [7, 11) is 0. The van der Waals surface area contributed by atoms with Crippen molar-refractivity contribution in [3.63, 3.8) is 0 Å². The minimum atomic E-state index is -0.506. The molecular weight excluding hydrogens is 270 g/mol. The van der Waals surface area contributed by atoms with E-state index in [0.717, 1.165) is 25.7 Å². The Morgan fingerprint density at radius 1 is 1.47 bits per heavy atom. The molecule has 19 heavy (non-hydrogen) atoms. The minimum Gasteiger partial charge on any atom is -0.393 e. The highest BCUT2D eigenvalue weighted by Gasteiger charge is 2.23. The van der Waals surface area contributed by atoms with E-state index in [1.165, 1.54) is 12.1 Å². The van der Waals surface area contributed by atoms with Crippen LogP contribution in [0, 0.1) is 16.0 Å². The quantitative estimate of drug-likeness (QED) is 0.504. The maximum Gasteiger partial charge on any atom is 0.276 e. The third-order valence-corrected chi connectivity index (χ3v) is 3.60. The molecule has 0 bridgehead atoms. The van der Waals surface area contributed by atoms with Crippen molar-refractivity contribution in [1.29, 1.82) is 0 Å². The van der Waals surface area contributed by atoms with E-state index < -0.39 is 4.92 Å². The summed E-state index contributed by atoms with van der Waals surface area (Å²) < 4.78 is 0. The van der Waals surface area contributed by atoms with Gasteiger partial charge in [-0.05, 0) is 12.8 Å². The monoisotopic (exact) mass is 285 g/mol. The van der Waals surface area contributed by atoms with Crippen LogP contribution in [0.25, 0.3) is 0 Å². The van der Waals surface area contributed by atoms with Crippen LogP contribution in [0.3, 0.4) is 0 Å². The van der Waals surface area contributed by atoms with Gasteiger partial charge in [0.05, 0.1) is 23.2 Å². The Hall–Kier alpha value is -1.40. The zero-order valence-corrected chi connectivity index (χ0v) is 11.1. The van der Waals surface area contributed by atoms with Gasteiger partial charge in [0.15, 0.2) is 0 Å². The summed E-state index contributed by atoms with van der Waals surface area (Å²) in [6.45, 7) is 0.547. The number of aliphatic hydroxyl groups excluding tert-OH is 1. The van der Waals surface area contributed by atoms with Crippen molar-refractivity contribution in [2.75, 3.05) is 11.9 Å². The number of nitrogens with one attached hydrogen (secondary N) is 1. The molecule has 0 aliphatic heterocycles. The van der Waals surface area contributed by atoms with Crippen molar-refractivity contribution in [3.8, 4) is 0 Å². The molecule has 1 heterocycles. The average Bonchev–Trinajstić information content (AvgIpc) is 2.37. The molecular formula is C12H16ClN3O3. The highest BCUT2D eigenvalue weighted by Crippen LogP contribution is 2.25. The molecule has 6 nitrogen and oxygen atoms in total. The lowest BCUT2D eigenvalue weighted by molar-refractivity contribution is -0.384. The van der Waals surface area contributed by atoms with Gasteiger partial charge >= 0.3 is 0 Å². The summed E-state index contributed by atoms with van der Waals surface area (Å²) in [6, 6.07) is 2.56. The smallest absolute Gasteiger partial charge is 0.276 e. The molecule has 1 aromatic heterocycles. The van der Waals surface area contributed by atoms with E-state index in [2.05, 4.69) is 10.3 Å². The van der Waals surface area contributed by atoms with Crippen molar-refractivity contribution >= 4 is 23.1 Å². The fraction of sp³-hybridized carbons (Fsp3) is 0.583. The van der Waals surface area contributed by atoms with Gasteiger partial charge in [0.2, 0.25) is 0 Å². The van der Waals surface area contributed by atoms with Gasteiger partial charge in [0, 0.05) is 12.5 Å². The fourth-order valence-corrected chi connectivity index (χ4v) is 2.54. The molecule has 2 unspecified atom stereocenters. The first kappa shape index (κ1) is 14.0.